The van der Waals surface area contributed by atoms with E-state index < -0.39 is 0 Å². The highest BCUT2D eigenvalue weighted by molar-refractivity contribution is 7.09. The molecule has 0 aliphatic carbocycles. The van der Waals surface area contributed by atoms with Crippen LogP contribution in [0.1, 0.15) is 31.0 Å². The molecule has 0 unspecified atom stereocenters. The normalized spacial score (nSPS) is 11.8. The summed E-state index contributed by atoms with van der Waals surface area (Å²) in [6.07, 6.45) is 0.864. The van der Waals surface area contributed by atoms with Crippen LogP contribution in [0.4, 0.5) is 0 Å². The molecule has 7 nitrogen and oxygen atoms in total. The Kier molecular flexibility index (Phi) is 8.53. The summed E-state index contributed by atoms with van der Waals surface area (Å²) in [5.41, 5.74) is 0.834. The molecule has 2 aromatic rings. The number of hydrogen-bond acceptors (Lipinski definition) is 7. The molecule has 1 heterocycles. The molecule has 0 fully saturated rings. The first-order chi connectivity index (χ1) is 13.5. The molecule has 0 saturated heterocycles. The van der Waals surface area contributed by atoms with Crippen molar-refractivity contribution >= 4 is 17.2 Å². The van der Waals surface area contributed by atoms with Gasteiger partial charge in [-0.2, -0.15) is 0 Å². The second kappa shape index (κ2) is 10.9. The van der Waals surface area contributed by atoms with Crippen LogP contribution >= 0.6 is 11.3 Å². The van der Waals surface area contributed by atoms with E-state index in [1.165, 1.54) is 18.4 Å². The molecule has 8 heteroatoms. The number of amides is 1. The Morgan fingerprint density at radius 2 is 1.89 bits per heavy atom. The molecule has 0 spiro atoms. The molecule has 154 valence electrons. The molecule has 1 amide bonds. The van der Waals surface area contributed by atoms with E-state index in [-0.39, 0.29) is 25.2 Å². The van der Waals surface area contributed by atoms with Gasteiger partial charge in [0.05, 0.1) is 26.5 Å². The van der Waals surface area contributed by atoms with E-state index in [0.717, 1.165) is 17.1 Å². The summed E-state index contributed by atoms with van der Waals surface area (Å²) < 4.78 is 21.6. The van der Waals surface area contributed by atoms with Crippen molar-refractivity contribution in [3.8, 4) is 17.2 Å². The predicted octanol–water partition coefficient (Wildman–Crippen LogP) is 3.51. The minimum Gasteiger partial charge on any atom is -0.493 e. The molecule has 0 saturated carbocycles. The maximum Gasteiger partial charge on any atom is 0.249 e. The van der Waals surface area contributed by atoms with Gasteiger partial charge in [-0.1, -0.05) is 13.0 Å². The molecular weight excluding hydrogens is 380 g/mol. The Morgan fingerprint density at radius 1 is 1.21 bits per heavy atom. The molecule has 0 N–H and O–H groups in total. The van der Waals surface area contributed by atoms with E-state index >= 15 is 0 Å². The largest absolute Gasteiger partial charge is 0.493 e. The Bertz CT molecular complexity index is 743. The second-order valence-corrected chi connectivity index (χ2v) is 7.17. The van der Waals surface area contributed by atoms with Crippen LogP contribution in [0.3, 0.4) is 0 Å². The summed E-state index contributed by atoms with van der Waals surface area (Å²) in [5, 5.41) is 2.76. The lowest BCUT2D eigenvalue weighted by atomic mass is 10.2. The molecular formula is C20H28N2O5S. The van der Waals surface area contributed by atoms with Gasteiger partial charge >= 0.3 is 0 Å². The summed E-state index contributed by atoms with van der Waals surface area (Å²) >= 11 is 1.50. The van der Waals surface area contributed by atoms with Gasteiger partial charge < -0.3 is 23.8 Å². The Labute approximate surface area is 170 Å². The van der Waals surface area contributed by atoms with Crippen molar-refractivity contribution in [1.29, 1.82) is 0 Å². The third-order valence-corrected chi connectivity index (χ3v) is 5.24. The van der Waals surface area contributed by atoms with Gasteiger partial charge in [-0.25, -0.2) is 4.98 Å². The summed E-state index contributed by atoms with van der Waals surface area (Å²) in [6, 6.07) is 5.58. The van der Waals surface area contributed by atoms with Crippen LogP contribution in [0.2, 0.25) is 0 Å². The molecule has 1 aromatic carbocycles. The summed E-state index contributed by atoms with van der Waals surface area (Å²) in [7, 11) is 4.70. The van der Waals surface area contributed by atoms with Gasteiger partial charge in [-0.15, -0.1) is 11.3 Å². The van der Waals surface area contributed by atoms with Gasteiger partial charge in [0.15, 0.2) is 11.5 Å². The van der Waals surface area contributed by atoms with Crippen molar-refractivity contribution in [2.45, 2.75) is 39.5 Å². The van der Waals surface area contributed by atoms with E-state index in [2.05, 4.69) is 11.9 Å². The number of para-hydroxylation sites is 1. The van der Waals surface area contributed by atoms with Gasteiger partial charge in [0, 0.05) is 18.5 Å². The topological polar surface area (TPSA) is 70.1 Å². The number of aromatic nitrogens is 1. The van der Waals surface area contributed by atoms with Crippen LogP contribution in [-0.2, 0) is 22.7 Å². The van der Waals surface area contributed by atoms with E-state index in [9.17, 15) is 4.79 Å². The fourth-order valence-corrected chi connectivity index (χ4v) is 3.37. The number of carbonyl (C=O) groups excluding carboxylic acids is 1. The van der Waals surface area contributed by atoms with E-state index in [0.29, 0.717) is 23.8 Å². The van der Waals surface area contributed by atoms with E-state index in [4.69, 9.17) is 18.9 Å². The summed E-state index contributed by atoms with van der Waals surface area (Å²) in [4.78, 5) is 18.7. The van der Waals surface area contributed by atoms with Crippen LogP contribution in [0.15, 0.2) is 23.6 Å². The monoisotopic (exact) mass is 408 g/mol. The van der Waals surface area contributed by atoms with Crippen molar-refractivity contribution in [2.24, 2.45) is 0 Å². The van der Waals surface area contributed by atoms with Crippen molar-refractivity contribution in [3.63, 3.8) is 0 Å². The number of methoxy groups -OCH3 is 3. The zero-order valence-corrected chi connectivity index (χ0v) is 17.9. The number of rotatable bonds is 11. The van der Waals surface area contributed by atoms with Crippen molar-refractivity contribution < 1.29 is 23.7 Å². The van der Waals surface area contributed by atoms with Crippen LogP contribution in [0.5, 0.6) is 17.2 Å². The maximum atomic E-state index is 12.3. The van der Waals surface area contributed by atoms with Gasteiger partial charge in [-0.05, 0) is 25.5 Å². The first kappa shape index (κ1) is 22.0. The molecule has 2 rings (SSSR count). The SMILES string of the molecule is CC[C@H](C)N(Cc1csc(COc2c(OC)cccc2OC)n1)C(=O)COC. The Hall–Kier alpha value is -2.32. The number of thiazole rings is 1. The van der Waals surface area contributed by atoms with Crippen LogP contribution in [0.25, 0.3) is 0 Å². The van der Waals surface area contributed by atoms with Crippen LogP contribution in [-0.4, -0.2) is 49.8 Å². The molecule has 28 heavy (non-hydrogen) atoms. The Balaban J connectivity index is 2.07. The van der Waals surface area contributed by atoms with Gasteiger partial charge in [-0.3, -0.25) is 4.79 Å². The second-order valence-electron chi connectivity index (χ2n) is 6.22. The molecule has 1 atom stereocenters. The van der Waals surface area contributed by atoms with Gasteiger partial charge in [0.25, 0.3) is 0 Å². The van der Waals surface area contributed by atoms with Gasteiger partial charge in [0.1, 0.15) is 18.2 Å². The minimum atomic E-state index is -0.0404. The minimum absolute atomic E-state index is 0.0404. The fourth-order valence-electron chi connectivity index (χ4n) is 2.67. The lowest BCUT2D eigenvalue weighted by Gasteiger charge is -2.27. The van der Waals surface area contributed by atoms with Crippen molar-refractivity contribution in [3.05, 3.63) is 34.3 Å². The third kappa shape index (κ3) is 5.59. The predicted molar refractivity (Wildman–Crippen MR) is 108 cm³/mol. The highest BCUT2D eigenvalue weighted by atomic mass is 32.1. The summed E-state index contributed by atoms with van der Waals surface area (Å²) in [5.74, 6) is 1.70. The number of nitrogens with zero attached hydrogens (tertiary/aromatic N) is 2. The van der Waals surface area contributed by atoms with Gasteiger partial charge in [0.2, 0.25) is 11.7 Å². The number of benzene rings is 1. The standard InChI is InChI=1S/C20H28N2O5S/c1-6-14(2)22(19(23)12-24-3)10-15-13-28-18(21-15)11-27-20-16(25-4)8-7-9-17(20)26-5/h7-9,13-14H,6,10-12H2,1-5H3/t14-/m0/s1. The average Bonchev–Trinajstić information content (AvgIpc) is 3.17. The van der Waals surface area contributed by atoms with E-state index in [1.54, 1.807) is 19.1 Å². The lowest BCUT2D eigenvalue weighted by molar-refractivity contribution is -0.138. The van der Waals surface area contributed by atoms with Crippen molar-refractivity contribution in [1.82, 2.24) is 9.88 Å². The number of ether oxygens (including phenoxy) is 4. The summed E-state index contributed by atoms with van der Waals surface area (Å²) in [6.45, 7) is 4.89. The highest BCUT2D eigenvalue weighted by Crippen LogP contribution is 2.37. The molecule has 0 radical (unpaired) electrons. The number of carbonyl (C=O) groups is 1. The fraction of sp³-hybridized carbons (Fsp3) is 0.500. The smallest absolute Gasteiger partial charge is 0.249 e. The van der Waals surface area contributed by atoms with Crippen molar-refractivity contribution in [2.75, 3.05) is 27.9 Å². The van der Waals surface area contributed by atoms with E-state index in [1.807, 2.05) is 30.5 Å². The third-order valence-electron chi connectivity index (χ3n) is 4.37. The zero-order valence-electron chi connectivity index (χ0n) is 17.1. The first-order valence-corrected chi connectivity index (χ1v) is 9.97. The number of hydrogen-bond donors (Lipinski definition) is 0. The molecule has 0 aliphatic rings. The molecule has 0 bridgehead atoms. The molecule has 0 aliphatic heterocycles. The Morgan fingerprint density at radius 3 is 2.46 bits per heavy atom. The maximum absolute atomic E-state index is 12.3. The molecule has 1 aromatic heterocycles. The van der Waals surface area contributed by atoms with Crippen LogP contribution < -0.4 is 14.2 Å². The van der Waals surface area contributed by atoms with Crippen LogP contribution in [0, 0.1) is 0 Å². The average molecular weight is 409 g/mol. The quantitative estimate of drug-likeness (QED) is 0.567. The highest BCUT2D eigenvalue weighted by Gasteiger charge is 2.20. The lowest BCUT2D eigenvalue weighted by Crippen LogP contribution is -2.39. The zero-order chi connectivity index (χ0) is 20.5. The first-order valence-electron chi connectivity index (χ1n) is 9.09.